The average molecular weight is 423 g/mol. The van der Waals surface area contributed by atoms with Crippen LogP contribution in [-0.4, -0.2) is 48.4 Å². The van der Waals surface area contributed by atoms with Gasteiger partial charge in [0.05, 0.1) is 12.5 Å². The number of carbonyl (C=O) groups is 1. The Morgan fingerprint density at radius 3 is 2.81 bits per heavy atom. The topological polar surface area (TPSA) is 86.9 Å². The smallest absolute Gasteiger partial charge is 0.222 e. The first-order valence-electron chi connectivity index (χ1n) is 11.0. The maximum Gasteiger partial charge on any atom is 0.222 e. The number of nitrogens with zero attached hydrogens (tertiary/aromatic N) is 4. The number of aromatic nitrogens is 1. The number of nitrogens with one attached hydrogen (secondary N) is 1. The minimum absolute atomic E-state index is 0.120. The van der Waals surface area contributed by atoms with Gasteiger partial charge in [-0.15, -0.1) is 0 Å². The number of piperidine rings is 1. The van der Waals surface area contributed by atoms with E-state index in [-0.39, 0.29) is 11.8 Å². The van der Waals surface area contributed by atoms with Gasteiger partial charge in [-0.05, 0) is 38.3 Å². The highest BCUT2D eigenvalue weighted by Crippen LogP contribution is 2.25. The van der Waals surface area contributed by atoms with Gasteiger partial charge in [-0.3, -0.25) is 4.79 Å². The first kappa shape index (κ1) is 22.6. The standard InChI is InChI=1S/C24H34N6O/c1-4-26-24(29(3)16-19-11-9-18(2)10-12-19)28-15-20-7-5-13-27-23(20)30-14-6-8-21(17-30)22(25)31/h5,7,9-13,21H,4,6,8,14-17H2,1-3H3,(H2,25,31)(H,26,28). The van der Waals surface area contributed by atoms with Gasteiger partial charge in [0.1, 0.15) is 5.82 Å². The largest absolute Gasteiger partial charge is 0.369 e. The quantitative estimate of drug-likeness (QED) is 0.529. The fourth-order valence-corrected chi connectivity index (χ4v) is 3.91. The fourth-order valence-electron chi connectivity index (χ4n) is 3.91. The maximum absolute atomic E-state index is 11.7. The second-order valence-corrected chi connectivity index (χ2v) is 8.19. The van der Waals surface area contributed by atoms with Gasteiger partial charge in [0.15, 0.2) is 5.96 Å². The summed E-state index contributed by atoms with van der Waals surface area (Å²) in [4.78, 5) is 25.5. The molecule has 3 N–H and O–H groups in total. The first-order valence-corrected chi connectivity index (χ1v) is 11.0. The van der Waals surface area contributed by atoms with E-state index in [1.54, 1.807) is 6.20 Å². The van der Waals surface area contributed by atoms with Crippen LogP contribution in [0.1, 0.15) is 36.5 Å². The Balaban J connectivity index is 1.75. The van der Waals surface area contributed by atoms with E-state index in [2.05, 4.69) is 64.3 Å². The number of aliphatic imine (C=N–C) groups is 1. The highest BCUT2D eigenvalue weighted by molar-refractivity contribution is 5.80. The molecule has 1 atom stereocenters. The maximum atomic E-state index is 11.7. The highest BCUT2D eigenvalue weighted by Gasteiger charge is 2.26. The van der Waals surface area contributed by atoms with Crippen LogP contribution in [-0.2, 0) is 17.9 Å². The predicted molar refractivity (Wildman–Crippen MR) is 126 cm³/mol. The van der Waals surface area contributed by atoms with Crippen LogP contribution in [0.5, 0.6) is 0 Å². The minimum Gasteiger partial charge on any atom is -0.369 e. The zero-order valence-electron chi connectivity index (χ0n) is 18.8. The Labute approximate surface area is 185 Å². The number of primary amides is 1. The molecule has 31 heavy (non-hydrogen) atoms. The molecule has 1 aliphatic rings. The van der Waals surface area contributed by atoms with Crippen LogP contribution >= 0.6 is 0 Å². The number of pyridine rings is 1. The van der Waals surface area contributed by atoms with E-state index in [1.807, 2.05) is 13.1 Å². The molecule has 1 unspecified atom stereocenters. The van der Waals surface area contributed by atoms with Crippen molar-refractivity contribution in [3.63, 3.8) is 0 Å². The Morgan fingerprint density at radius 2 is 2.10 bits per heavy atom. The van der Waals surface area contributed by atoms with Crippen LogP contribution in [0.25, 0.3) is 0 Å². The van der Waals surface area contributed by atoms with Gasteiger partial charge < -0.3 is 20.9 Å². The number of carbonyl (C=O) groups excluding carboxylic acids is 1. The fraction of sp³-hybridized carbons (Fsp3) is 0.458. The number of rotatable bonds is 7. The van der Waals surface area contributed by atoms with Gasteiger partial charge in [-0.1, -0.05) is 35.9 Å². The molecule has 2 heterocycles. The number of anilines is 1. The second-order valence-electron chi connectivity index (χ2n) is 8.19. The number of hydrogen-bond acceptors (Lipinski definition) is 4. The molecule has 0 aliphatic carbocycles. The van der Waals surface area contributed by atoms with Crippen LogP contribution < -0.4 is 16.0 Å². The third-order valence-corrected chi connectivity index (χ3v) is 5.63. The van der Waals surface area contributed by atoms with Crippen molar-refractivity contribution in [2.75, 3.05) is 31.6 Å². The Kier molecular flexibility index (Phi) is 7.87. The van der Waals surface area contributed by atoms with E-state index in [0.717, 1.165) is 49.8 Å². The molecule has 2 aromatic rings. The van der Waals surface area contributed by atoms with Gasteiger partial charge in [0, 0.05) is 45.0 Å². The van der Waals surface area contributed by atoms with Crippen molar-refractivity contribution in [1.29, 1.82) is 0 Å². The summed E-state index contributed by atoms with van der Waals surface area (Å²) in [5.41, 5.74) is 9.11. The molecule has 0 radical (unpaired) electrons. The Bertz CT molecular complexity index is 895. The zero-order valence-corrected chi connectivity index (χ0v) is 18.8. The van der Waals surface area contributed by atoms with Crippen molar-refractivity contribution in [1.82, 2.24) is 15.2 Å². The lowest BCUT2D eigenvalue weighted by Gasteiger charge is -2.33. The van der Waals surface area contributed by atoms with Gasteiger partial charge in [-0.25, -0.2) is 9.98 Å². The lowest BCUT2D eigenvalue weighted by molar-refractivity contribution is -0.122. The van der Waals surface area contributed by atoms with E-state index in [4.69, 9.17) is 10.7 Å². The summed E-state index contributed by atoms with van der Waals surface area (Å²) < 4.78 is 0. The number of hydrogen-bond donors (Lipinski definition) is 2. The molecule has 166 valence electrons. The molecule has 1 saturated heterocycles. The molecule has 1 fully saturated rings. The third kappa shape index (κ3) is 6.20. The average Bonchev–Trinajstić information content (AvgIpc) is 2.78. The lowest BCUT2D eigenvalue weighted by atomic mass is 9.97. The van der Waals surface area contributed by atoms with E-state index in [1.165, 1.54) is 11.1 Å². The van der Waals surface area contributed by atoms with Crippen molar-refractivity contribution in [3.8, 4) is 0 Å². The molecule has 0 bridgehead atoms. The van der Waals surface area contributed by atoms with Gasteiger partial charge in [0.25, 0.3) is 0 Å². The lowest BCUT2D eigenvalue weighted by Crippen LogP contribution is -2.42. The van der Waals surface area contributed by atoms with Crippen molar-refractivity contribution >= 4 is 17.7 Å². The number of benzene rings is 1. The monoisotopic (exact) mass is 422 g/mol. The summed E-state index contributed by atoms with van der Waals surface area (Å²) in [5.74, 6) is 1.40. The van der Waals surface area contributed by atoms with Crippen LogP contribution in [0.4, 0.5) is 5.82 Å². The third-order valence-electron chi connectivity index (χ3n) is 5.63. The van der Waals surface area contributed by atoms with E-state index in [9.17, 15) is 4.79 Å². The van der Waals surface area contributed by atoms with Crippen molar-refractivity contribution in [2.45, 2.75) is 39.8 Å². The number of guanidine groups is 1. The van der Waals surface area contributed by atoms with Crippen LogP contribution in [0, 0.1) is 12.8 Å². The van der Waals surface area contributed by atoms with E-state index >= 15 is 0 Å². The molecular formula is C24H34N6O. The van der Waals surface area contributed by atoms with Crippen LogP contribution in [0.15, 0.2) is 47.6 Å². The number of amides is 1. The normalized spacial score (nSPS) is 16.8. The van der Waals surface area contributed by atoms with Crippen molar-refractivity contribution < 1.29 is 4.79 Å². The number of aryl methyl sites for hydroxylation is 1. The molecule has 0 spiro atoms. The van der Waals surface area contributed by atoms with Crippen LogP contribution in [0.3, 0.4) is 0 Å². The summed E-state index contributed by atoms with van der Waals surface area (Å²) in [6.07, 6.45) is 3.58. The minimum atomic E-state index is -0.229. The van der Waals surface area contributed by atoms with Crippen LogP contribution in [0.2, 0.25) is 0 Å². The van der Waals surface area contributed by atoms with Crippen molar-refractivity contribution in [3.05, 3.63) is 59.3 Å². The van der Waals surface area contributed by atoms with Gasteiger partial charge >= 0.3 is 0 Å². The molecule has 7 heteroatoms. The molecular weight excluding hydrogens is 388 g/mol. The summed E-state index contributed by atoms with van der Waals surface area (Å²) in [5, 5.41) is 3.39. The predicted octanol–water partition coefficient (Wildman–Crippen LogP) is 2.69. The molecule has 1 aliphatic heterocycles. The number of nitrogens with two attached hydrogens (primary N) is 1. The first-order chi connectivity index (χ1) is 15.0. The van der Waals surface area contributed by atoms with Crippen molar-refractivity contribution in [2.24, 2.45) is 16.6 Å². The molecule has 7 nitrogen and oxygen atoms in total. The summed E-state index contributed by atoms with van der Waals surface area (Å²) in [6.45, 7) is 7.76. The van der Waals surface area contributed by atoms with E-state index in [0.29, 0.717) is 13.1 Å². The summed E-state index contributed by atoms with van der Waals surface area (Å²) >= 11 is 0. The Morgan fingerprint density at radius 1 is 1.32 bits per heavy atom. The SMILES string of the molecule is CCNC(=NCc1cccnc1N1CCCC(C(N)=O)C1)N(C)Cc1ccc(C)cc1. The summed E-state index contributed by atoms with van der Waals surface area (Å²) in [7, 11) is 2.05. The zero-order chi connectivity index (χ0) is 22.2. The van der Waals surface area contributed by atoms with E-state index < -0.39 is 0 Å². The Hall–Kier alpha value is -3.09. The van der Waals surface area contributed by atoms with Gasteiger partial charge in [-0.2, -0.15) is 0 Å². The molecule has 1 aromatic carbocycles. The molecule has 1 aromatic heterocycles. The van der Waals surface area contributed by atoms with Gasteiger partial charge in [0.2, 0.25) is 5.91 Å². The second kappa shape index (κ2) is 10.8. The molecule has 3 rings (SSSR count). The molecule has 1 amide bonds. The summed E-state index contributed by atoms with van der Waals surface area (Å²) in [6, 6.07) is 12.6. The molecule has 0 saturated carbocycles. The highest BCUT2D eigenvalue weighted by atomic mass is 16.1.